The van der Waals surface area contributed by atoms with E-state index in [0.717, 1.165) is 24.3 Å². The number of carbonyl (C=O) groups is 5. The van der Waals surface area contributed by atoms with Gasteiger partial charge in [-0.2, -0.15) is 0 Å². The molecule has 37 heavy (non-hydrogen) atoms. The molecule has 2 aromatic carbocycles. The van der Waals surface area contributed by atoms with Crippen LogP contribution in [-0.2, 0) is 20.9 Å². The molecule has 5 amide bonds. The van der Waals surface area contributed by atoms with Crippen molar-refractivity contribution in [3.63, 3.8) is 0 Å². The first kappa shape index (κ1) is 24.4. The molecule has 11 heteroatoms. The number of likely N-dealkylation sites (tertiary alicyclic amines) is 1. The van der Waals surface area contributed by atoms with Crippen LogP contribution in [0.2, 0.25) is 0 Å². The van der Waals surface area contributed by atoms with Gasteiger partial charge in [0, 0.05) is 67.2 Å². The molecule has 11 nitrogen and oxygen atoms in total. The summed E-state index contributed by atoms with van der Waals surface area (Å²) in [5.74, 6) is -1.07. The number of fused-ring (bicyclic) bond motifs is 1. The van der Waals surface area contributed by atoms with Gasteiger partial charge < -0.3 is 20.9 Å². The first-order valence-electron chi connectivity index (χ1n) is 12.3. The zero-order chi connectivity index (χ0) is 25.9. The molecule has 1 atom stereocenters. The summed E-state index contributed by atoms with van der Waals surface area (Å²) in [6.07, 6.45) is 1.15. The Morgan fingerprint density at radius 3 is 2.59 bits per heavy atom. The van der Waals surface area contributed by atoms with Crippen LogP contribution >= 0.6 is 0 Å². The van der Waals surface area contributed by atoms with Crippen molar-refractivity contribution in [1.82, 2.24) is 20.4 Å². The van der Waals surface area contributed by atoms with Gasteiger partial charge in [-0.15, -0.1) is 0 Å². The van der Waals surface area contributed by atoms with Crippen LogP contribution in [-0.4, -0.2) is 78.1 Å². The molecule has 3 aliphatic rings. The summed E-state index contributed by atoms with van der Waals surface area (Å²) in [6.45, 7) is 3.16. The minimum Gasteiger partial charge on any atom is -0.379 e. The monoisotopic (exact) mass is 504 g/mol. The maximum atomic E-state index is 13.0. The molecule has 0 spiro atoms. The van der Waals surface area contributed by atoms with E-state index < -0.39 is 11.9 Å². The van der Waals surface area contributed by atoms with Crippen LogP contribution in [0.25, 0.3) is 0 Å². The summed E-state index contributed by atoms with van der Waals surface area (Å²) in [5, 5.41) is 11.3. The van der Waals surface area contributed by atoms with E-state index in [9.17, 15) is 24.0 Å². The van der Waals surface area contributed by atoms with Gasteiger partial charge in [0.1, 0.15) is 6.04 Å². The molecule has 2 saturated heterocycles. The summed E-state index contributed by atoms with van der Waals surface area (Å²) in [7, 11) is 0. The van der Waals surface area contributed by atoms with Crippen LogP contribution in [0.4, 0.5) is 11.4 Å². The number of amides is 5. The van der Waals surface area contributed by atoms with E-state index in [1.807, 2.05) is 12.1 Å². The lowest BCUT2D eigenvalue weighted by Gasteiger charge is -2.40. The largest absolute Gasteiger partial charge is 0.379 e. The molecule has 5 rings (SSSR count). The Balaban J connectivity index is 1.09. The minimum absolute atomic E-state index is 0.169. The van der Waals surface area contributed by atoms with Crippen LogP contribution < -0.4 is 21.3 Å². The molecule has 0 bridgehead atoms. The van der Waals surface area contributed by atoms with Gasteiger partial charge in [-0.3, -0.25) is 34.2 Å². The summed E-state index contributed by atoms with van der Waals surface area (Å²) in [6, 6.07) is 11.8. The van der Waals surface area contributed by atoms with E-state index in [2.05, 4.69) is 26.2 Å². The maximum absolute atomic E-state index is 13.0. The number of rotatable bonds is 9. The third-order valence-corrected chi connectivity index (χ3v) is 6.99. The standard InChI is InChI=1S/C26H28N6O5/c33-15-28-17-6-4-16(5-7-17)24(35)27-10-11-31-12-18(13-31)29-21-3-1-2-19-20(21)14-32(26(19)37)22-8-9-23(34)30-25(22)36/h1-7,15,18,22,29H,8-14H2,(H,27,35)(H,28,33)(H,30,34,36). The molecule has 2 aromatic rings. The molecule has 3 aliphatic heterocycles. The van der Waals surface area contributed by atoms with Gasteiger partial charge in [0.05, 0.1) is 6.04 Å². The fourth-order valence-electron chi connectivity index (χ4n) is 5.00. The molecular formula is C26H28N6O5. The van der Waals surface area contributed by atoms with Crippen LogP contribution in [0, 0.1) is 0 Å². The fraction of sp³-hybridized carbons (Fsp3) is 0.346. The van der Waals surface area contributed by atoms with Crippen LogP contribution in [0.15, 0.2) is 42.5 Å². The number of imide groups is 1. The lowest BCUT2D eigenvalue weighted by molar-refractivity contribution is -0.136. The Labute approximate surface area is 213 Å². The molecule has 3 heterocycles. The first-order valence-corrected chi connectivity index (χ1v) is 12.3. The van der Waals surface area contributed by atoms with Crippen LogP contribution in [0.3, 0.4) is 0 Å². The van der Waals surface area contributed by atoms with E-state index in [4.69, 9.17) is 0 Å². The Hall–Kier alpha value is -4.25. The number of benzene rings is 2. The highest BCUT2D eigenvalue weighted by Gasteiger charge is 2.40. The molecule has 1 unspecified atom stereocenters. The zero-order valence-corrected chi connectivity index (χ0v) is 20.2. The van der Waals surface area contributed by atoms with Crippen molar-refractivity contribution in [1.29, 1.82) is 0 Å². The lowest BCUT2D eigenvalue weighted by Crippen LogP contribution is -2.56. The fourth-order valence-corrected chi connectivity index (χ4v) is 5.00. The van der Waals surface area contributed by atoms with Crippen molar-refractivity contribution >= 4 is 41.4 Å². The molecule has 0 aliphatic carbocycles. The van der Waals surface area contributed by atoms with Gasteiger partial charge >= 0.3 is 0 Å². The third kappa shape index (κ3) is 5.17. The van der Waals surface area contributed by atoms with Gasteiger partial charge in [-0.1, -0.05) is 6.07 Å². The normalized spacial score (nSPS) is 19.6. The van der Waals surface area contributed by atoms with Crippen molar-refractivity contribution in [3.05, 3.63) is 59.2 Å². The topological polar surface area (TPSA) is 140 Å². The van der Waals surface area contributed by atoms with Crippen molar-refractivity contribution in [3.8, 4) is 0 Å². The Morgan fingerprint density at radius 1 is 1.08 bits per heavy atom. The molecule has 192 valence electrons. The van der Waals surface area contributed by atoms with Gasteiger partial charge in [-0.05, 0) is 42.8 Å². The SMILES string of the molecule is O=CNc1ccc(C(=O)NCCN2CC(Nc3cccc4c3CN(C3CCC(=O)NC3=O)C4=O)C2)cc1. The summed E-state index contributed by atoms with van der Waals surface area (Å²) >= 11 is 0. The van der Waals surface area contributed by atoms with E-state index in [1.165, 1.54) is 0 Å². The highest BCUT2D eigenvalue weighted by atomic mass is 16.2. The molecule has 0 saturated carbocycles. The van der Waals surface area contributed by atoms with Gasteiger partial charge in [0.25, 0.3) is 11.8 Å². The number of nitrogens with one attached hydrogen (secondary N) is 4. The predicted octanol–water partition coefficient (Wildman–Crippen LogP) is 0.542. The van der Waals surface area contributed by atoms with Gasteiger partial charge in [-0.25, -0.2) is 0 Å². The number of piperidine rings is 1. The highest BCUT2D eigenvalue weighted by molar-refractivity contribution is 6.06. The van der Waals surface area contributed by atoms with Gasteiger partial charge in [0.15, 0.2) is 0 Å². The molecular weight excluding hydrogens is 476 g/mol. The van der Waals surface area contributed by atoms with Crippen LogP contribution in [0.1, 0.15) is 39.1 Å². The Morgan fingerprint density at radius 2 is 1.86 bits per heavy atom. The first-order chi connectivity index (χ1) is 17.9. The molecule has 2 fully saturated rings. The zero-order valence-electron chi connectivity index (χ0n) is 20.2. The van der Waals surface area contributed by atoms with E-state index in [1.54, 1.807) is 35.2 Å². The molecule has 0 aromatic heterocycles. The second-order valence-corrected chi connectivity index (χ2v) is 9.43. The number of carbonyl (C=O) groups excluding carboxylic acids is 5. The Bertz CT molecular complexity index is 1240. The number of nitrogens with zero attached hydrogens (tertiary/aromatic N) is 2. The smallest absolute Gasteiger partial charge is 0.255 e. The lowest BCUT2D eigenvalue weighted by atomic mass is 10.0. The quantitative estimate of drug-likeness (QED) is 0.289. The minimum atomic E-state index is -0.634. The highest BCUT2D eigenvalue weighted by Crippen LogP contribution is 2.33. The van der Waals surface area contributed by atoms with Gasteiger partial charge in [0.2, 0.25) is 18.2 Å². The predicted molar refractivity (Wildman–Crippen MR) is 135 cm³/mol. The number of hydrogen-bond acceptors (Lipinski definition) is 7. The second-order valence-electron chi connectivity index (χ2n) is 9.43. The number of anilines is 2. The molecule has 4 N–H and O–H groups in total. The van der Waals surface area contributed by atoms with E-state index in [-0.39, 0.29) is 30.2 Å². The van der Waals surface area contributed by atoms with Crippen molar-refractivity contribution in [2.24, 2.45) is 0 Å². The number of hydrogen-bond donors (Lipinski definition) is 4. The average molecular weight is 505 g/mol. The second kappa shape index (κ2) is 10.4. The van der Waals surface area contributed by atoms with Crippen LogP contribution in [0.5, 0.6) is 0 Å². The van der Waals surface area contributed by atoms with E-state index >= 15 is 0 Å². The summed E-state index contributed by atoms with van der Waals surface area (Å²) in [5.41, 5.74) is 3.49. The van der Waals surface area contributed by atoms with E-state index in [0.29, 0.717) is 49.3 Å². The van der Waals surface area contributed by atoms with Crippen molar-refractivity contribution < 1.29 is 24.0 Å². The summed E-state index contributed by atoms with van der Waals surface area (Å²) < 4.78 is 0. The average Bonchev–Trinajstić information content (AvgIpc) is 3.20. The maximum Gasteiger partial charge on any atom is 0.255 e. The summed E-state index contributed by atoms with van der Waals surface area (Å²) in [4.78, 5) is 63.3. The third-order valence-electron chi connectivity index (χ3n) is 6.99. The molecule has 0 radical (unpaired) electrons. The van der Waals surface area contributed by atoms with Crippen molar-refractivity contribution in [2.45, 2.75) is 31.5 Å². The van der Waals surface area contributed by atoms with Crippen molar-refractivity contribution in [2.75, 3.05) is 36.8 Å². The Kier molecular flexibility index (Phi) is 6.87.